The number of carbonyl (C=O) groups is 1. The zero-order valence-electron chi connectivity index (χ0n) is 19.5. The molecule has 3 heterocycles. The third-order valence-electron chi connectivity index (χ3n) is 7.05. The number of morpholine rings is 1. The van der Waals surface area contributed by atoms with E-state index in [0.29, 0.717) is 45.4 Å². The summed E-state index contributed by atoms with van der Waals surface area (Å²) in [6, 6.07) is 9.69. The maximum atomic E-state index is 13.8. The van der Waals surface area contributed by atoms with Crippen molar-refractivity contribution in [3.63, 3.8) is 0 Å². The van der Waals surface area contributed by atoms with Crippen LogP contribution in [0.2, 0.25) is 0 Å². The molecule has 3 aliphatic rings. The number of nitrogens with zero attached hydrogens (tertiary/aromatic N) is 3. The van der Waals surface area contributed by atoms with Gasteiger partial charge >= 0.3 is 6.18 Å². The lowest BCUT2D eigenvalue weighted by Gasteiger charge is -2.34. The van der Waals surface area contributed by atoms with Crippen LogP contribution >= 0.6 is 0 Å². The van der Waals surface area contributed by atoms with E-state index in [1.807, 2.05) is 35.2 Å². The average Bonchev–Trinajstić information content (AvgIpc) is 3.04. The minimum absolute atomic E-state index is 0.0122. The molecule has 0 spiro atoms. The van der Waals surface area contributed by atoms with E-state index in [0.717, 1.165) is 41.5 Å². The molecule has 1 aliphatic carbocycles. The number of hydrogen-bond donors (Lipinski definition) is 2. The van der Waals surface area contributed by atoms with E-state index in [2.05, 4.69) is 20.5 Å². The van der Waals surface area contributed by atoms with Crippen molar-refractivity contribution in [2.45, 2.75) is 44.4 Å². The van der Waals surface area contributed by atoms with E-state index in [9.17, 15) is 18.0 Å². The van der Waals surface area contributed by atoms with Crippen LogP contribution in [0.1, 0.15) is 31.2 Å². The van der Waals surface area contributed by atoms with Gasteiger partial charge in [0.05, 0.1) is 37.7 Å². The molecule has 1 amide bonds. The minimum atomic E-state index is -4.23. The van der Waals surface area contributed by atoms with E-state index in [1.54, 1.807) is 6.20 Å². The van der Waals surface area contributed by atoms with Crippen LogP contribution in [0.5, 0.6) is 0 Å². The molecular formula is C25H30F3N5O2. The third-order valence-corrected chi connectivity index (χ3v) is 7.05. The highest BCUT2D eigenvalue weighted by molar-refractivity contribution is 6.00. The summed E-state index contributed by atoms with van der Waals surface area (Å²) in [6.45, 7) is 2.31. The quantitative estimate of drug-likeness (QED) is 0.671. The Kier molecular flexibility index (Phi) is 6.84. The lowest BCUT2D eigenvalue weighted by molar-refractivity contribution is -0.128. The molecular weight excluding hydrogens is 459 g/mol. The smallest absolute Gasteiger partial charge is 0.378 e. The second-order valence-electron chi connectivity index (χ2n) is 9.41. The number of amides is 1. The second-order valence-corrected chi connectivity index (χ2v) is 9.41. The van der Waals surface area contributed by atoms with Crippen molar-refractivity contribution in [1.29, 1.82) is 0 Å². The molecule has 1 saturated carbocycles. The molecule has 10 heteroatoms. The number of ether oxygens (including phenoxy) is 1. The van der Waals surface area contributed by atoms with Gasteiger partial charge in [0.15, 0.2) is 0 Å². The lowest BCUT2D eigenvalue weighted by Crippen LogP contribution is -2.43. The fourth-order valence-corrected chi connectivity index (χ4v) is 5.15. The van der Waals surface area contributed by atoms with E-state index in [1.165, 1.54) is 0 Å². The molecule has 2 aliphatic heterocycles. The van der Waals surface area contributed by atoms with Crippen LogP contribution in [0.15, 0.2) is 36.5 Å². The number of halogens is 3. The van der Waals surface area contributed by atoms with Crippen LogP contribution in [0, 0.1) is 5.92 Å². The summed E-state index contributed by atoms with van der Waals surface area (Å²) in [5.74, 6) is 0.512. The van der Waals surface area contributed by atoms with Gasteiger partial charge in [-0.25, -0.2) is 4.98 Å². The normalized spacial score (nSPS) is 22.6. The first-order valence-electron chi connectivity index (χ1n) is 12.2. The van der Waals surface area contributed by atoms with Crippen molar-refractivity contribution < 1.29 is 22.7 Å². The van der Waals surface area contributed by atoms with Crippen LogP contribution in [0.3, 0.4) is 0 Å². The topological polar surface area (TPSA) is 69.7 Å². The number of pyridine rings is 1. The van der Waals surface area contributed by atoms with Gasteiger partial charge in [0.1, 0.15) is 5.82 Å². The maximum Gasteiger partial charge on any atom is 0.401 e. The van der Waals surface area contributed by atoms with Crippen molar-refractivity contribution in [3.05, 3.63) is 42.1 Å². The summed E-state index contributed by atoms with van der Waals surface area (Å²) in [5, 5.41) is 5.99. The summed E-state index contributed by atoms with van der Waals surface area (Å²) >= 11 is 0. The molecule has 0 unspecified atom stereocenters. The van der Waals surface area contributed by atoms with Crippen LogP contribution in [-0.4, -0.2) is 56.0 Å². The van der Waals surface area contributed by atoms with E-state index in [4.69, 9.17) is 4.74 Å². The fourth-order valence-electron chi connectivity index (χ4n) is 5.15. The molecule has 188 valence electrons. The molecule has 35 heavy (non-hydrogen) atoms. The molecule has 5 rings (SSSR count). The number of benzene rings is 1. The van der Waals surface area contributed by atoms with Gasteiger partial charge < -0.3 is 25.2 Å². The van der Waals surface area contributed by atoms with E-state index < -0.39 is 12.7 Å². The molecule has 2 fully saturated rings. The zero-order chi connectivity index (χ0) is 24.4. The lowest BCUT2D eigenvalue weighted by atomic mass is 9.85. The van der Waals surface area contributed by atoms with Crippen molar-refractivity contribution in [3.8, 4) is 0 Å². The molecule has 7 nitrogen and oxygen atoms in total. The highest BCUT2D eigenvalue weighted by Gasteiger charge is 2.34. The first kappa shape index (κ1) is 23.9. The number of hydrogen-bond acceptors (Lipinski definition) is 6. The Bertz CT molecular complexity index is 1050. The van der Waals surface area contributed by atoms with Gasteiger partial charge in [-0.05, 0) is 49.9 Å². The fraction of sp³-hybridized carbons (Fsp3) is 0.520. The van der Waals surface area contributed by atoms with Crippen molar-refractivity contribution in [2.24, 2.45) is 5.92 Å². The average molecular weight is 490 g/mol. The van der Waals surface area contributed by atoms with Crippen molar-refractivity contribution in [2.75, 3.05) is 48.0 Å². The van der Waals surface area contributed by atoms with Crippen LogP contribution in [-0.2, 0) is 16.1 Å². The van der Waals surface area contributed by atoms with Gasteiger partial charge in [-0.3, -0.25) is 4.79 Å². The van der Waals surface area contributed by atoms with Crippen LogP contribution in [0.25, 0.3) is 0 Å². The van der Waals surface area contributed by atoms with Gasteiger partial charge in [0.2, 0.25) is 5.91 Å². The summed E-state index contributed by atoms with van der Waals surface area (Å²) in [5.41, 5.74) is 3.57. The number of rotatable bonds is 4. The zero-order valence-corrected chi connectivity index (χ0v) is 19.5. The molecule has 2 N–H and O–H groups in total. The summed E-state index contributed by atoms with van der Waals surface area (Å²) in [6.07, 6.45) is -0.266. The highest BCUT2D eigenvalue weighted by atomic mass is 19.4. The number of carbonyl (C=O) groups excluding carboxylic acids is 1. The standard InChI is InChI=1S/C25H30F3N5O2/c26-25(27,28)16-30-19-5-3-17(4-6-19)24(34)33-15-18-2-1-9-29-23(18)31-21-8-7-20(14-22(21)33)32-10-12-35-13-11-32/h1-2,7-9,14,17,19,30H,3-6,10-13,15-16H2,(H,29,31)/t17-,19-. The van der Waals surface area contributed by atoms with E-state index in [-0.39, 0.29) is 17.9 Å². The molecule has 0 radical (unpaired) electrons. The molecule has 2 aromatic rings. The van der Waals surface area contributed by atoms with Gasteiger partial charge in [-0.1, -0.05) is 6.07 Å². The van der Waals surface area contributed by atoms with Crippen molar-refractivity contribution in [1.82, 2.24) is 10.3 Å². The predicted octanol–water partition coefficient (Wildman–Crippen LogP) is 4.22. The Morgan fingerprint density at radius 1 is 1.14 bits per heavy atom. The number of fused-ring (bicyclic) bond motifs is 2. The minimum Gasteiger partial charge on any atom is -0.378 e. The summed E-state index contributed by atoms with van der Waals surface area (Å²) in [4.78, 5) is 22.4. The van der Waals surface area contributed by atoms with Crippen molar-refractivity contribution >= 4 is 28.8 Å². The van der Waals surface area contributed by atoms with Crippen LogP contribution < -0.4 is 20.4 Å². The molecule has 0 bridgehead atoms. The molecule has 1 aromatic heterocycles. The van der Waals surface area contributed by atoms with Gasteiger partial charge in [-0.15, -0.1) is 0 Å². The Hall–Kier alpha value is -2.85. The maximum absolute atomic E-state index is 13.8. The Morgan fingerprint density at radius 2 is 1.91 bits per heavy atom. The Morgan fingerprint density at radius 3 is 2.66 bits per heavy atom. The summed E-state index contributed by atoms with van der Waals surface area (Å²) in [7, 11) is 0. The van der Waals surface area contributed by atoms with E-state index >= 15 is 0 Å². The third kappa shape index (κ3) is 5.54. The molecule has 1 aromatic carbocycles. The Labute approximate surface area is 202 Å². The summed E-state index contributed by atoms with van der Waals surface area (Å²) < 4.78 is 43.2. The van der Waals surface area contributed by atoms with Gasteiger partial charge in [-0.2, -0.15) is 13.2 Å². The van der Waals surface area contributed by atoms with Crippen LogP contribution in [0.4, 0.5) is 36.1 Å². The number of nitrogens with one attached hydrogen (secondary N) is 2. The highest BCUT2D eigenvalue weighted by Crippen LogP contribution is 2.39. The van der Waals surface area contributed by atoms with Gasteiger partial charge in [0.25, 0.3) is 0 Å². The molecule has 1 saturated heterocycles. The first-order valence-corrected chi connectivity index (χ1v) is 12.2. The second kappa shape index (κ2) is 10.0. The largest absolute Gasteiger partial charge is 0.401 e. The Balaban J connectivity index is 1.38. The monoisotopic (exact) mass is 489 g/mol. The first-order chi connectivity index (χ1) is 16.9. The van der Waals surface area contributed by atoms with Gasteiger partial charge in [0, 0.05) is 42.5 Å². The number of aromatic nitrogens is 1. The number of alkyl halides is 3. The molecule has 0 atom stereocenters. The SMILES string of the molecule is O=C([C@H]1CC[C@H](NCC(F)(F)F)CC1)N1Cc2cccnc2Nc2ccc(N3CCOCC3)cc21. The number of anilines is 4. The predicted molar refractivity (Wildman–Crippen MR) is 128 cm³/mol.